The quantitative estimate of drug-likeness (QED) is 0.329. The highest BCUT2D eigenvalue weighted by Crippen LogP contribution is 2.51. The fourth-order valence-corrected chi connectivity index (χ4v) is 5.74. The van der Waals surface area contributed by atoms with E-state index in [2.05, 4.69) is 4.98 Å². The summed E-state index contributed by atoms with van der Waals surface area (Å²) >= 11 is 0. The maximum atomic E-state index is 15.4. The number of hydrogen-bond donors (Lipinski definition) is 1. The van der Waals surface area contributed by atoms with Crippen molar-refractivity contribution in [1.29, 1.82) is 0 Å². The number of rotatable bonds is 7. The molecule has 5 rings (SSSR count). The number of benzene rings is 2. The number of nitrogens with zero attached hydrogens (tertiary/aromatic N) is 2. The molecule has 0 saturated heterocycles. The standard InChI is InChI=1S/C32H30FN3O5/c1-3-40-31(38)26-21(19-11-6-5-7-12-19)17-24-27(29(26)37)25(20-13-10-16-35-18-20)28(32(39)41-4-2)30(34)36(24)23-15-9-8-14-22(23)33/h5-16,18,21,25-26H,3-4,17,34H2,1-2H3/t21-,25+,26-/m1/s1. The normalized spacial score (nSPS) is 20.5. The summed E-state index contributed by atoms with van der Waals surface area (Å²) in [5.41, 5.74) is 8.59. The topological polar surface area (TPSA) is 112 Å². The number of aromatic nitrogens is 1. The van der Waals surface area contributed by atoms with Crippen LogP contribution in [0, 0.1) is 11.7 Å². The molecule has 2 aromatic carbocycles. The molecule has 2 aliphatic rings. The number of allylic oxidation sites excluding steroid dienone is 2. The molecule has 1 aromatic heterocycles. The minimum Gasteiger partial charge on any atom is -0.465 e. The van der Waals surface area contributed by atoms with Gasteiger partial charge in [-0.25, -0.2) is 9.18 Å². The molecule has 2 N–H and O–H groups in total. The summed E-state index contributed by atoms with van der Waals surface area (Å²) in [4.78, 5) is 47.2. The number of Topliss-reactive ketones (excluding diaryl/α,β-unsaturated/α-hetero) is 1. The van der Waals surface area contributed by atoms with Gasteiger partial charge in [-0.1, -0.05) is 48.5 Å². The highest BCUT2D eigenvalue weighted by atomic mass is 19.1. The third-order valence-corrected chi connectivity index (χ3v) is 7.41. The third kappa shape index (κ3) is 4.99. The van der Waals surface area contributed by atoms with Crippen LogP contribution in [0.3, 0.4) is 0 Å². The molecule has 0 fully saturated rings. The molecule has 210 valence electrons. The first kappa shape index (κ1) is 27.8. The van der Waals surface area contributed by atoms with Crippen LogP contribution in [0.1, 0.15) is 43.2 Å². The first-order chi connectivity index (χ1) is 19.9. The van der Waals surface area contributed by atoms with Crippen LogP contribution in [-0.2, 0) is 23.9 Å². The minimum absolute atomic E-state index is 0.0315. The molecule has 8 nitrogen and oxygen atoms in total. The van der Waals surface area contributed by atoms with E-state index in [1.54, 1.807) is 38.2 Å². The van der Waals surface area contributed by atoms with Gasteiger partial charge in [0.25, 0.3) is 0 Å². The van der Waals surface area contributed by atoms with Gasteiger partial charge in [-0.15, -0.1) is 0 Å². The SMILES string of the molecule is CCOC(=O)C1=C(N)N(c2ccccc2F)C2=C(C(=O)[C@H](C(=O)OCC)[C@@H](c3ccccc3)C2)[C@@H]1c1cccnc1. The Morgan fingerprint density at radius 2 is 1.66 bits per heavy atom. The van der Waals surface area contributed by atoms with Crippen molar-refractivity contribution < 1.29 is 28.2 Å². The van der Waals surface area contributed by atoms with Crippen LogP contribution < -0.4 is 10.6 Å². The molecular weight excluding hydrogens is 525 g/mol. The van der Waals surface area contributed by atoms with Crippen molar-refractivity contribution in [1.82, 2.24) is 4.98 Å². The first-order valence-electron chi connectivity index (χ1n) is 13.5. The number of ketones is 1. The number of ether oxygens (including phenoxy) is 2. The fraction of sp³-hybridized carbons (Fsp3) is 0.250. The molecule has 0 radical (unpaired) electrons. The molecule has 0 saturated carbocycles. The molecule has 3 aromatic rings. The van der Waals surface area contributed by atoms with Crippen molar-refractivity contribution in [2.45, 2.75) is 32.1 Å². The Labute approximate surface area is 237 Å². The van der Waals surface area contributed by atoms with Gasteiger partial charge in [0.15, 0.2) is 5.78 Å². The summed E-state index contributed by atoms with van der Waals surface area (Å²) in [5, 5.41) is 0. The molecule has 0 unspecified atom stereocenters. The lowest BCUT2D eigenvalue weighted by Gasteiger charge is -2.44. The van der Waals surface area contributed by atoms with Crippen molar-refractivity contribution in [3.05, 3.63) is 119 Å². The Bertz CT molecular complexity index is 1540. The van der Waals surface area contributed by atoms with Gasteiger partial charge in [0.05, 0.1) is 30.4 Å². The maximum Gasteiger partial charge on any atom is 0.338 e. The Morgan fingerprint density at radius 1 is 0.976 bits per heavy atom. The number of halogens is 1. The van der Waals surface area contributed by atoms with Gasteiger partial charge < -0.3 is 15.2 Å². The van der Waals surface area contributed by atoms with Crippen LogP contribution in [0.4, 0.5) is 10.1 Å². The van der Waals surface area contributed by atoms with E-state index < -0.39 is 41.3 Å². The van der Waals surface area contributed by atoms with Crippen molar-refractivity contribution in [2.24, 2.45) is 11.7 Å². The Hall–Kier alpha value is -4.79. The van der Waals surface area contributed by atoms with Crippen molar-refractivity contribution in [3.8, 4) is 0 Å². The van der Waals surface area contributed by atoms with E-state index in [-0.39, 0.29) is 42.3 Å². The Balaban J connectivity index is 1.82. The lowest BCUT2D eigenvalue weighted by Crippen LogP contribution is -2.46. The summed E-state index contributed by atoms with van der Waals surface area (Å²) in [5.74, 6) is -5.41. The number of hydrogen-bond acceptors (Lipinski definition) is 8. The van der Waals surface area contributed by atoms with E-state index in [1.165, 1.54) is 29.3 Å². The second-order valence-electron chi connectivity index (χ2n) is 9.70. The number of carbonyl (C=O) groups is 3. The number of anilines is 1. The van der Waals surface area contributed by atoms with Crippen LogP contribution in [0.5, 0.6) is 0 Å². The van der Waals surface area contributed by atoms with Crippen molar-refractivity contribution >= 4 is 23.4 Å². The van der Waals surface area contributed by atoms with Gasteiger partial charge in [-0.05, 0) is 49.6 Å². The zero-order valence-electron chi connectivity index (χ0n) is 22.7. The molecule has 0 bridgehead atoms. The highest BCUT2D eigenvalue weighted by molar-refractivity contribution is 6.14. The van der Waals surface area contributed by atoms with E-state index in [1.807, 2.05) is 30.3 Å². The van der Waals surface area contributed by atoms with Crippen LogP contribution in [-0.4, -0.2) is 35.9 Å². The molecule has 3 atom stereocenters. The molecule has 9 heteroatoms. The summed E-state index contributed by atoms with van der Waals surface area (Å²) in [6, 6.07) is 18.6. The predicted molar refractivity (Wildman–Crippen MR) is 150 cm³/mol. The lowest BCUT2D eigenvalue weighted by atomic mass is 9.67. The molecule has 1 aliphatic carbocycles. The minimum atomic E-state index is -1.19. The van der Waals surface area contributed by atoms with Crippen molar-refractivity contribution in [2.75, 3.05) is 18.1 Å². The monoisotopic (exact) mass is 555 g/mol. The number of para-hydroxylation sites is 1. The van der Waals surface area contributed by atoms with E-state index in [9.17, 15) is 14.4 Å². The number of nitrogens with two attached hydrogens (primary N) is 1. The summed E-state index contributed by atoms with van der Waals surface area (Å²) in [6.45, 7) is 3.47. The van der Waals surface area contributed by atoms with Gasteiger partial charge in [-0.2, -0.15) is 0 Å². The number of carbonyl (C=O) groups excluding carboxylic acids is 3. The molecular formula is C32H30FN3O5. The highest BCUT2D eigenvalue weighted by Gasteiger charge is 2.51. The van der Waals surface area contributed by atoms with E-state index in [0.717, 1.165) is 5.56 Å². The van der Waals surface area contributed by atoms with Gasteiger partial charge in [0.1, 0.15) is 17.6 Å². The largest absolute Gasteiger partial charge is 0.465 e. The smallest absolute Gasteiger partial charge is 0.338 e. The molecule has 0 amide bonds. The lowest BCUT2D eigenvalue weighted by molar-refractivity contribution is -0.152. The van der Waals surface area contributed by atoms with Crippen LogP contribution >= 0.6 is 0 Å². The van der Waals surface area contributed by atoms with Crippen LogP contribution in [0.15, 0.2) is 102 Å². The molecule has 1 aliphatic heterocycles. The molecule has 41 heavy (non-hydrogen) atoms. The molecule has 0 spiro atoms. The third-order valence-electron chi connectivity index (χ3n) is 7.41. The van der Waals surface area contributed by atoms with Gasteiger partial charge in [0.2, 0.25) is 0 Å². The van der Waals surface area contributed by atoms with Crippen LogP contribution in [0.2, 0.25) is 0 Å². The van der Waals surface area contributed by atoms with E-state index >= 15 is 4.39 Å². The van der Waals surface area contributed by atoms with E-state index in [4.69, 9.17) is 15.2 Å². The molecule has 2 heterocycles. The summed E-state index contributed by atoms with van der Waals surface area (Å²) in [7, 11) is 0. The Kier molecular flexibility index (Phi) is 7.96. The van der Waals surface area contributed by atoms with Crippen LogP contribution in [0.25, 0.3) is 0 Å². The zero-order chi connectivity index (χ0) is 29.1. The van der Waals surface area contributed by atoms with E-state index in [0.29, 0.717) is 11.3 Å². The predicted octanol–water partition coefficient (Wildman–Crippen LogP) is 4.75. The van der Waals surface area contributed by atoms with Gasteiger partial charge >= 0.3 is 11.9 Å². The second kappa shape index (κ2) is 11.8. The number of esters is 2. The van der Waals surface area contributed by atoms with Crippen molar-refractivity contribution in [3.63, 3.8) is 0 Å². The Morgan fingerprint density at radius 3 is 2.32 bits per heavy atom. The fourth-order valence-electron chi connectivity index (χ4n) is 5.74. The van der Waals surface area contributed by atoms with Gasteiger partial charge in [0, 0.05) is 29.6 Å². The summed E-state index contributed by atoms with van der Waals surface area (Å²) in [6.07, 6.45) is 3.26. The zero-order valence-corrected chi connectivity index (χ0v) is 22.7. The van der Waals surface area contributed by atoms with Gasteiger partial charge in [-0.3, -0.25) is 19.5 Å². The first-order valence-corrected chi connectivity index (χ1v) is 13.5. The average molecular weight is 556 g/mol. The maximum absolute atomic E-state index is 15.4. The summed E-state index contributed by atoms with van der Waals surface area (Å²) < 4.78 is 26.2. The number of pyridine rings is 1. The second-order valence-corrected chi connectivity index (χ2v) is 9.70. The average Bonchev–Trinajstić information content (AvgIpc) is 2.98.